The molecule has 0 aliphatic carbocycles. The lowest BCUT2D eigenvalue weighted by Crippen LogP contribution is -2.34. The van der Waals surface area contributed by atoms with E-state index in [4.69, 9.17) is 11.6 Å². The number of rotatable bonds is 4. The van der Waals surface area contributed by atoms with Crippen molar-refractivity contribution in [3.05, 3.63) is 86.8 Å². The van der Waals surface area contributed by atoms with Crippen LogP contribution in [0.5, 0.6) is 0 Å². The molecule has 12 nitrogen and oxygen atoms in total. The molecule has 3 amide bonds. The smallest absolute Gasteiger partial charge is 0.411 e. The lowest BCUT2D eigenvalue weighted by atomic mass is 9.95. The van der Waals surface area contributed by atoms with Gasteiger partial charge >= 0.3 is 6.09 Å². The molecule has 45 heavy (non-hydrogen) atoms. The van der Waals surface area contributed by atoms with Gasteiger partial charge in [0.05, 0.1) is 29.6 Å². The van der Waals surface area contributed by atoms with E-state index >= 15 is 0 Å². The topological polar surface area (TPSA) is 149 Å². The predicted octanol–water partition coefficient (Wildman–Crippen LogP) is 5.14. The number of carbonyl (C=O) groups excluding carboxylic acids is 3. The third-order valence-corrected chi connectivity index (χ3v) is 8.12. The number of pyridine rings is 1. The first-order valence-electron chi connectivity index (χ1n) is 14.2. The van der Waals surface area contributed by atoms with Crippen molar-refractivity contribution in [1.29, 1.82) is 0 Å². The van der Waals surface area contributed by atoms with Crippen LogP contribution >= 0.6 is 11.6 Å². The number of aromatic nitrogens is 4. The van der Waals surface area contributed by atoms with E-state index < -0.39 is 23.9 Å². The molecule has 234 valence electrons. The summed E-state index contributed by atoms with van der Waals surface area (Å²) < 4.78 is 22.1. The fourth-order valence-electron chi connectivity index (χ4n) is 5.25. The van der Waals surface area contributed by atoms with E-state index in [0.29, 0.717) is 53.2 Å². The number of methoxy groups -OCH3 is 1. The molecule has 2 aromatic carbocycles. The summed E-state index contributed by atoms with van der Waals surface area (Å²) in [5, 5.41) is 16.4. The van der Waals surface area contributed by atoms with Gasteiger partial charge in [-0.05, 0) is 55.7 Å². The van der Waals surface area contributed by atoms with Crippen molar-refractivity contribution in [3.63, 3.8) is 0 Å². The van der Waals surface area contributed by atoms with Crippen LogP contribution in [0.4, 0.5) is 20.6 Å². The molecule has 2 aromatic heterocycles. The number of carbonyl (C=O) groups is 3. The van der Waals surface area contributed by atoms with Crippen LogP contribution in [0, 0.1) is 18.7 Å². The van der Waals surface area contributed by atoms with Crippen LogP contribution in [-0.2, 0) is 16.6 Å². The first-order chi connectivity index (χ1) is 21.5. The van der Waals surface area contributed by atoms with Crippen LogP contribution in [0.25, 0.3) is 16.8 Å². The van der Waals surface area contributed by atoms with Crippen LogP contribution in [0.2, 0.25) is 5.02 Å². The van der Waals surface area contributed by atoms with Gasteiger partial charge in [0.1, 0.15) is 5.69 Å². The van der Waals surface area contributed by atoms with Gasteiger partial charge in [-0.2, -0.15) is 0 Å². The molecule has 0 unspecified atom stereocenters. The minimum Gasteiger partial charge on any atom is -0.453 e. The second-order valence-electron chi connectivity index (χ2n) is 10.8. The van der Waals surface area contributed by atoms with E-state index in [1.807, 2.05) is 0 Å². The van der Waals surface area contributed by atoms with Crippen LogP contribution in [0.15, 0.2) is 53.3 Å². The summed E-state index contributed by atoms with van der Waals surface area (Å²) in [7, 11) is 2.86. The van der Waals surface area contributed by atoms with Gasteiger partial charge in [0.15, 0.2) is 11.5 Å². The molecule has 4 aromatic rings. The summed E-state index contributed by atoms with van der Waals surface area (Å²) in [4.78, 5) is 51.8. The first-order valence-corrected chi connectivity index (χ1v) is 14.5. The molecule has 1 aliphatic rings. The van der Waals surface area contributed by atoms with E-state index in [1.54, 1.807) is 51.2 Å². The van der Waals surface area contributed by atoms with Crippen LogP contribution in [0.3, 0.4) is 0 Å². The monoisotopic (exact) mass is 635 g/mol. The van der Waals surface area contributed by atoms with Gasteiger partial charge in [-0.15, -0.1) is 5.10 Å². The SMILES string of the molecule is COC(=O)Nc1ccc2c(c1)NC(=O)[C@H](C)CCC[C@H](NC(=O)c1nnn(-c3cccc(Cl)c3F)c1C)c1cc-2cc(=O)n1C. The van der Waals surface area contributed by atoms with Gasteiger partial charge in [0, 0.05) is 36.0 Å². The fraction of sp³-hybridized carbons (Fsp3) is 0.290. The fourth-order valence-corrected chi connectivity index (χ4v) is 5.42. The van der Waals surface area contributed by atoms with Gasteiger partial charge in [-0.3, -0.25) is 19.7 Å². The minimum atomic E-state index is -0.697. The van der Waals surface area contributed by atoms with Crippen molar-refractivity contribution < 1.29 is 23.5 Å². The molecule has 14 heteroatoms. The highest BCUT2D eigenvalue weighted by Gasteiger charge is 2.26. The van der Waals surface area contributed by atoms with Gasteiger partial charge in [0.25, 0.3) is 11.5 Å². The van der Waals surface area contributed by atoms with E-state index in [2.05, 4.69) is 31.0 Å². The van der Waals surface area contributed by atoms with E-state index in [0.717, 1.165) is 0 Å². The molecule has 2 atom stereocenters. The molecular formula is C31H31ClFN7O5. The highest BCUT2D eigenvalue weighted by atomic mass is 35.5. The molecule has 2 bridgehead atoms. The number of amides is 3. The summed E-state index contributed by atoms with van der Waals surface area (Å²) in [6.45, 7) is 3.39. The molecule has 3 heterocycles. The molecule has 0 radical (unpaired) electrons. The van der Waals surface area contributed by atoms with Crippen LogP contribution in [-0.4, -0.2) is 44.6 Å². The Morgan fingerprint density at radius 1 is 1.13 bits per heavy atom. The Labute approximate surface area is 262 Å². The maximum absolute atomic E-state index is 14.7. The molecule has 1 aliphatic heterocycles. The number of nitrogens with zero attached hydrogens (tertiary/aromatic N) is 4. The number of nitrogens with one attached hydrogen (secondary N) is 3. The predicted molar refractivity (Wildman–Crippen MR) is 166 cm³/mol. The average Bonchev–Trinajstić information content (AvgIpc) is 3.39. The Balaban J connectivity index is 1.55. The Hall–Kier alpha value is -5.04. The largest absolute Gasteiger partial charge is 0.453 e. The molecule has 3 N–H and O–H groups in total. The Bertz CT molecular complexity index is 1870. The molecule has 0 saturated carbocycles. The van der Waals surface area contributed by atoms with Crippen LogP contribution in [0.1, 0.15) is 54.1 Å². The summed E-state index contributed by atoms with van der Waals surface area (Å²) >= 11 is 5.94. The molecular weight excluding hydrogens is 605 g/mol. The Kier molecular flexibility index (Phi) is 9.00. The zero-order valence-corrected chi connectivity index (χ0v) is 25.7. The summed E-state index contributed by atoms with van der Waals surface area (Å²) in [5.41, 5.74) is 2.32. The third-order valence-electron chi connectivity index (χ3n) is 7.83. The van der Waals surface area contributed by atoms with E-state index in [1.165, 1.54) is 34.6 Å². The van der Waals surface area contributed by atoms with E-state index in [-0.39, 0.29) is 33.8 Å². The van der Waals surface area contributed by atoms with Gasteiger partial charge in [-0.1, -0.05) is 42.3 Å². The molecule has 0 saturated heterocycles. The minimum absolute atomic E-state index is 0.0228. The number of ether oxygens (including phenoxy) is 1. The second-order valence-corrected chi connectivity index (χ2v) is 11.2. The van der Waals surface area contributed by atoms with Crippen molar-refractivity contribution in [1.82, 2.24) is 24.9 Å². The summed E-state index contributed by atoms with van der Waals surface area (Å²) in [6.07, 6.45) is 0.759. The standard InChI is InChI=1S/C31H31ClFN7O5/c1-16-7-5-9-22(35-30(43)28-17(2)40(38-37-28)24-10-6-8-21(32)27(24)33)25-13-18(14-26(41)39(25)3)20-12-11-19(34-31(44)45-4)15-23(20)36-29(16)42/h6,8,10-16,22H,5,7,9H2,1-4H3,(H,34,44)(H,35,43)(H,36,42)/t16-,22+/m1/s1. The Morgan fingerprint density at radius 3 is 2.67 bits per heavy atom. The maximum Gasteiger partial charge on any atom is 0.411 e. The lowest BCUT2D eigenvalue weighted by Gasteiger charge is -2.24. The number of benzene rings is 2. The maximum atomic E-state index is 14.7. The van der Waals surface area contributed by atoms with Crippen molar-refractivity contribution in [2.24, 2.45) is 13.0 Å². The quantitative estimate of drug-likeness (QED) is 0.281. The number of fused-ring (bicyclic) bond motifs is 4. The van der Waals surface area contributed by atoms with E-state index in [9.17, 15) is 23.6 Å². The van der Waals surface area contributed by atoms with Crippen LogP contribution < -0.4 is 21.5 Å². The number of anilines is 2. The van der Waals surface area contributed by atoms with Gasteiger partial charge < -0.3 is 19.9 Å². The third kappa shape index (κ3) is 6.43. The molecule has 0 spiro atoms. The van der Waals surface area contributed by atoms with Gasteiger partial charge in [-0.25, -0.2) is 13.9 Å². The summed E-state index contributed by atoms with van der Waals surface area (Å²) in [5.74, 6) is -1.89. The summed E-state index contributed by atoms with van der Waals surface area (Å²) in [6, 6.07) is 11.9. The second kappa shape index (κ2) is 12.9. The molecule has 5 rings (SSSR count). The lowest BCUT2D eigenvalue weighted by molar-refractivity contribution is -0.119. The normalized spacial score (nSPS) is 16.4. The molecule has 0 fully saturated rings. The van der Waals surface area contributed by atoms with Crippen molar-refractivity contribution in [2.45, 2.75) is 39.2 Å². The van der Waals surface area contributed by atoms with Gasteiger partial charge in [0.2, 0.25) is 5.91 Å². The van der Waals surface area contributed by atoms with Crippen molar-refractivity contribution in [2.75, 3.05) is 17.7 Å². The average molecular weight is 636 g/mol. The Morgan fingerprint density at radius 2 is 1.91 bits per heavy atom. The zero-order chi connectivity index (χ0) is 32.4. The highest BCUT2D eigenvalue weighted by Crippen LogP contribution is 2.34. The number of hydrogen-bond acceptors (Lipinski definition) is 7. The number of hydrogen-bond donors (Lipinski definition) is 3. The first kappa shape index (κ1) is 31.4. The van der Waals surface area contributed by atoms with Crippen molar-refractivity contribution >= 4 is 40.9 Å². The highest BCUT2D eigenvalue weighted by molar-refractivity contribution is 6.30. The van der Waals surface area contributed by atoms with Crippen molar-refractivity contribution in [3.8, 4) is 16.8 Å². The number of halogens is 2. The zero-order valence-electron chi connectivity index (χ0n) is 25.0.